The molecule has 0 aliphatic carbocycles. The first-order chi connectivity index (χ1) is 3.41. The van der Waals surface area contributed by atoms with Crippen LogP contribution in [0.5, 0.6) is 0 Å². The summed E-state index contributed by atoms with van der Waals surface area (Å²) in [4.78, 5) is 0. The van der Waals surface area contributed by atoms with Gasteiger partial charge in [0.15, 0.2) is 0 Å². The quantitative estimate of drug-likeness (QED) is 0.408. The lowest BCUT2D eigenvalue weighted by molar-refractivity contribution is 0.217. The fourth-order valence-electron chi connectivity index (χ4n) is 0.201. The molecular weight excluding hydrogens is 112 g/mol. The molecule has 0 heterocycles. The minimum atomic E-state index is 0.762. The van der Waals surface area contributed by atoms with Crippen molar-refractivity contribution in [1.82, 2.24) is 0 Å². The van der Waals surface area contributed by atoms with E-state index >= 15 is 0 Å². The third-order valence-electron chi connectivity index (χ3n) is 0.489. The molecule has 0 unspecified atom stereocenters. The Balaban J connectivity index is 2.45. The van der Waals surface area contributed by atoms with E-state index in [9.17, 15) is 0 Å². The van der Waals surface area contributed by atoms with Gasteiger partial charge in [-0.25, -0.2) is 0 Å². The van der Waals surface area contributed by atoms with Gasteiger partial charge in [-0.3, -0.25) is 0 Å². The second kappa shape index (κ2) is 6.27. The van der Waals surface area contributed by atoms with Crippen LogP contribution in [0.3, 0.4) is 0 Å². The van der Waals surface area contributed by atoms with Crippen molar-refractivity contribution in [2.45, 2.75) is 0 Å². The highest BCUT2D eigenvalue weighted by Crippen LogP contribution is 1.96. The Morgan fingerprint density at radius 1 is 1.43 bits per heavy atom. The zero-order valence-corrected chi connectivity index (χ0v) is 5.46. The molecule has 0 fully saturated rings. The van der Waals surface area contributed by atoms with Crippen LogP contribution >= 0.6 is 12.0 Å². The number of rotatable bonds is 4. The molecule has 0 atom stereocenters. The highest BCUT2D eigenvalue weighted by molar-refractivity contribution is 7.94. The third kappa shape index (κ3) is 6.27. The number of methoxy groups -OCH3 is 1. The van der Waals surface area contributed by atoms with Crippen molar-refractivity contribution in [3.63, 3.8) is 0 Å². The summed E-state index contributed by atoms with van der Waals surface area (Å²) < 4.78 is 9.42. The summed E-state index contributed by atoms with van der Waals surface area (Å²) in [6.45, 7) is 0.762. The van der Waals surface area contributed by atoms with E-state index in [0.29, 0.717) is 0 Å². The SMILES string of the molecule is COCCSOC. The van der Waals surface area contributed by atoms with Crippen molar-refractivity contribution in [2.24, 2.45) is 0 Å². The molecule has 0 aromatic carbocycles. The van der Waals surface area contributed by atoms with Crippen LogP contribution < -0.4 is 0 Å². The van der Waals surface area contributed by atoms with Crippen LogP contribution in [0.4, 0.5) is 0 Å². The summed E-state index contributed by atoms with van der Waals surface area (Å²) in [5, 5.41) is 0. The summed E-state index contributed by atoms with van der Waals surface area (Å²) in [7, 11) is 3.33. The van der Waals surface area contributed by atoms with Crippen LogP contribution in [0, 0.1) is 0 Å². The Kier molecular flexibility index (Phi) is 6.51. The van der Waals surface area contributed by atoms with Crippen LogP contribution in [0.25, 0.3) is 0 Å². The second-order valence-corrected chi connectivity index (χ2v) is 1.96. The molecule has 2 nitrogen and oxygen atoms in total. The largest absolute Gasteiger partial charge is 0.384 e. The van der Waals surface area contributed by atoms with Gasteiger partial charge in [-0.05, 0) is 12.0 Å². The Morgan fingerprint density at radius 3 is 2.57 bits per heavy atom. The molecule has 0 aliphatic rings. The van der Waals surface area contributed by atoms with Crippen molar-refractivity contribution in [2.75, 3.05) is 26.6 Å². The molecule has 0 spiro atoms. The molecule has 0 aliphatic heterocycles. The van der Waals surface area contributed by atoms with E-state index in [4.69, 9.17) is 4.74 Å². The average Bonchev–Trinajstić information content (AvgIpc) is 1.69. The number of hydrogen-bond donors (Lipinski definition) is 0. The van der Waals surface area contributed by atoms with Crippen molar-refractivity contribution < 1.29 is 8.92 Å². The first-order valence-electron chi connectivity index (χ1n) is 2.06. The Labute approximate surface area is 48.4 Å². The van der Waals surface area contributed by atoms with E-state index in [0.717, 1.165) is 12.4 Å². The first-order valence-corrected chi connectivity index (χ1v) is 2.97. The predicted octanol–water partition coefficient (Wildman–Crippen LogP) is 0.927. The van der Waals surface area contributed by atoms with E-state index in [1.165, 1.54) is 12.0 Å². The van der Waals surface area contributed by atoms with E-state index in [1.54, 1.807) is 14.2 Å². The third-order valence-corrected chi connectivity index (χ3v) is 1.06. The van der Waals surface area contributed by atoms with Gasteiger partial charge in [0.25, 0.3) is 0 Å². The Bertz CT molecular complexity index is 28.9. The molecular formula is C4H10O2S. The van der Waals surface area contributed by atoms with Crippen LogP contribution in [0.2, 0.25) is 0 Å². The lowest BCUT2D eigenvalue weighted by Crippen LogP contribution is -1.90. The standard InChI is InChI=1S/C4H10O2S/c1-5-3-4-7-6-2/h3-4H2,1-2H3. The molecule has 0 aromatic rings. The maximum absolute atomic E-state index is 4.74. The minimum absolute atomic E-state index is 0.762. The van der Waals surface area contributed by atoms with Crippen LogP contribution in [0.1, 0.15) is 0 Å². The molecule has 0 N–H and O–H groups in total. The van der Waals surface area contributed by atoms with E-state index < -0.39 is 0 Å². The molecule has 7 heavy (non-hydrogen) atoms. The summed E-state index contributed by atoms with van der Waals surface area (Å²) in [6, 6.07) is 0. The van der Waals surface area contributed by atoms with Gasteiger partial charge in [-0.2, -0.15) is 0 Å². The molecule has 0 amide bonds. The molecule has 0 saturated heterocycles. The molecule has 3 heteroatoms. The smallest absolute Gasteiger partial charge is 0.0575 e. The van der Waals surface area contributed by atoms with Crippen molar-refractivity contribution in [3.05, 3.63) is 0 Å². The van der Waals surface area contributed by atoms with E-state index in [-0.39, 0.29) is 0 Å². The van der Waals surface area contributed by atoms with Gasteiger partial charge < -0.3 is 8.92 Å². The fourth-order valence-corrected chi connectivity index (χ4v) is 0.602. The van der Waals surface area contributed by atoms with Gasteiger partial charge in [0, 0.05) is 12.9 Å². The molecule has 0 aromatic heterocycles. The zero-order chi connectivity index (χ0) is 5.54. The summed E-state index contributed by atoms with van der Waals surface area (Å²) in [5.41, 5.74) is 0. The van der Waals surface area contributed by atoms with Crippen LogP contribution in [-0.2, 0) is 8.92 Å². The van der Waals surface area contributed by atoms with Crippen LogP contribution in [0.15, 0.2) is 0 Å². The molecule has 0 bridgehead atoms. The predicted molar refractivity (Wildman–Crippen MR) is 31.3 cm³/mol. The van der Waals surface area contributed by atoms with E-state index in [1.807, 2.05) is 0 Å². The first kappa shape index (κ1) is 7.27. The average molecular weight is 122 g/mol. The maximum Gasteiger partial charge on any atom is 0.0575 e. The lowest BCUT2D eigenvalue weighted by atomic mass is 10.9. The molecule has 0 radical (unpaired) electrons. The Hall–Kier alpha value is 0.270. The summed E-state index contributed by atoms with van der Waals surface area (Å²) in [6.07, 6.45) is 0. The molecule has 0 saturated carbocycles. The second-order valence-electron chi connectivity index (χ2n) is 0.981. The monoisotopic (exact) mass is 122 g/mol. The minimum Gasteiger partial charge on any atom is -0.384 e. The maximum atomic E-state index is 4.74. The van der Waals surface area contributed by atoms with Crippen molar-refractivity contribution in [1.29, 1.82) is 0 Å². The highest BCUT2D eigenvalue weighted by Gasteiger charge is 1.80. The zero-order valence-electron chi connectivity index (χ0n) is 4.64. The van der Waals surface area contributed by atoms with Crippen LogP contribution in [-0.4, -0.2) is 26.6 Å². The van der Waals surface area contributed by atoms with Gasteiger partial charge in [-0.1, -0.05) is 0 Å². The fraction of sp³-hybridized carbons (Fsp3) is 1.00. The highest BCUT2D eigenvalue weighted by atomic mass is 32.2. The summed E-state index contributed by atoms with van der Waals surface area (Å²) >= 11 is 1.41. The summed E-state index contributed by atoms with van der Waals surface area (Å²) in [5.74, 6) is 0.910. The van der Waals surface area contributed by atoms with Gasteiger partial charge in [0.2, 0.25) is 0 Å². The number of hydrogen-bond acceptors (Lipinski definition) is 3. The topological polar surface area (TPSA) is 18.5 Å². The van der Waals surface area contributed by atoms with Crippen molar-refractivity contribution >= 4 is 12.0 Å². The number of ether oxygens (including phenoxy) is 1. The lowest BCUT2D eigenvalue weighted by Gasteiger charge is -1.93. The Morgan fingerprint density at radius 2 is 2.14 bits per heavy atom. The van der Waals surface area contributed by atoms with E-state index in [2.05, 4.69) is 4.18 Å². The van der Waals surface area contributed by atoms with Crippen molar-refractivity contribution in [3.8, 4) is 0 Å². The molecule has 0 rings (SSSR count). The van der Waals surface area contributed by atoms with Gasteiger partial charge in [0.1, 0.15) is 0 Å². The normalized spacial score (nSPS) is 9.43. The van der Waals surface area contributed by atoms with Gasteiger partial charge >= 0.3 is 0 Å². The molecule has 44 valence electrons. The van der Waals surface area contributed by atoms with Gasteiger partial charge in [0.05, 0.1) is 13.7 Å². The van der Waals surface area contributed by atoms with Gasteiger partial charge in [-0.15, -0.1) is 0 Å².